The van der Waals surface area contributed by atoms with E-state index in [9.17, 15) is 4.39 Å². The molecule has 10 nitrogen and oxygen atoms in total. The number of amidine groups is 1. The van der Waals surface area contributed by atoms with Crippen LogP contribution in [0.5, 0.6) is 11.5 Å². The number of anilines is 1. The summed E-state index contributed by atoms with van der Waals surface area (Å²) in [7, 11) is 1.88. The van der Waals surface area contributed by atoms with Crippen LogP contribution in [0.25, 0.3) is 11.1 Å². The third-order valence-electron chi connectivity index (χ3n) is 5.67. The van der Waals surface area contributed by atoms with Crippen molar-refractivity contribution in [3.05, 3.63) is 72.8 Å². The van der Waals surface area contributed by atoms with Gasteiger partial charge in [0.1, 0.15) is 17.9 Å². The molecule has 1 aliphatic heterocycles. The number of nitrogens with one attached hydrogen (secondary N) is 2. The number of ether oxygens (including phenoxy) is 1. The Morgan fingerprint density at radius 1 is 1.06 bits per heavy atom. The van der Waals surface area contributed by atoms with Gasteiger partial charge in [-0.05, 0) is 30.3 Å². The predicted octanol–water partition coefficient (Wildman–Crippen LogP) is 3.31. The van der Waals surface area contributed by atoms with Gasteiger partial charge in [0.15, 0.2) is 11.6 Å². The molecule has 0 saturated carbocycles. The first-order valence-electron chi connectivity index (χ1n) is 11.1. The Hall–Kier alpha value is -4.54. The van der Waals surface area contributed by atoms with Gasteiger partial charge >= 0.3 is 0 Å². The molecule has 0 bridgehead atoms. The van der Waals surface area contributed by atoms with E-state index in [1.807, 2.05) is 31.7 Å². The summed E-state index contributed by atoms with van der Waals surface area (Å²) in [6, 6.07) is 7.81. The summed E-state index contributed by atoms with van der Waals surface area (Å²) < 4.78 is 20.5. The van der Waals surface area contributed by atoms with Gasteiger partial charge in [-0.15, -0.1) is 0 Å². The van der Waals surface area contributed by atoms with Gasteiger partial charge in [-0.3, -0.25) is 10.1 Å². The van der Waals surface area contributed by atoms with Crippen LogP contribution in [0.2, 0.25) is 0 Å². The van der Waals surface area contributed by atoms with E-state index >= 15 is 0 Å². The summed E-state index contributed by atoms with van der Waals surface area (Å²) in [6.45, 7) is 2.80. The van der Waals surface area contributed by atoms with E-state index in [-0.39, 0.29) is 5.82 Å². The van der Waals surface area contributed by atoms with E-state index in [0.29, 0.717) is 43.6 Å². The second kappa shape index (κ2) is 9.75. The highest BCUT2D eigenvalue weighted by atomic mass is 19.1. The standard InChI is InChI=1S/C24H24FN9O/c1-32-15-18(12-31-32)17-10-22(27-11-17)23(30-16-26)33-6-8-34(9-7-33)24-28-13-21(14-29-24)35-20-4-2-19(25)3-5-20/h2-5,10-16,26-27H,6-9H2,1H3/b26-16?,30-23+. The average molecular weight is 474 g/mol. The third-order valence-corrected chi connectivity index (χ3v) is 5.67. The molecular formula is C24H24FN9O. The van der Waals surface area contributed by atoms with Crippen molar-refractivity contribution in [1.82, 2.24) is 29.6 Å². The average Bonchev–Trinajstić information content (AvgIpc) is 3.54. The van der Waals surface area contributed by atoms with E-state index in [0.717, 1.165) is 29.0 Å². The van der Waals surface area contributed by atoms with Gasteiger partial charge < -0.3 is 19.5 Å². The molecule has 4 aromatic rings. The molecule has 0 atom stereocenters. The zero-order chi connectivity index (χ0) is 24.2. The number of halogens is 1. The van der Waals surface area contributed by atoms with E-state index in [2.05, 4.69) is 34.8 Å². The molecule has 0 amide bonds. The van der Waals surface area contributed by atoms with E-state index in [1.165, 1.54) is 12.1 Å². The van der Waals surface area contributed by atoms with Crippen molar-refractivity contribution >= 4 is 18.1 Å². The third kappa shape index (κ3) is 5.03. The Morgan fingerprint density at radius 3 is 2.46 bits per heavy atom. The first-order chi connectivity index (χ1) is 17.1. The van der Waals surface area contributed by atoms with Crippen molar-refractivity contribution in [1.29, 1.82) is 5.41 Å². The minimum atomic E-state index is -0.317. The minimum Gasteiger partial charge on any atom is -0.454 e. The lowest BCUT2D eigenvalue weighted by Crippen LogP contribution is -2.49. The van der Waals surface area contributed by atoms with Gasteiger partial charge in [0.2, 0.25) is 5.95 Å². The number of hydrogen-bond donors (Lipinski definition) is 2. The van der Waals surface area contributed by atoms with Crippen LogP contribution in [0.4, 0.5) is 10.3 Å². The lowest BCUT2D eigenvalue weighted by molar-refractivity contribution is 0.383. The van der Waals surface area contributed by atoms with Crippen molar-refractivity contribution in [2.24, 2.45) is 12.0 Å². The summed E-state index contributed by atoms with van der Waals surface area (Å²) >= 11 is 0. The molecule has 1 aromatic carbocycles. The van der Waals surface area contributed by atoms with Gasteiger partial charge in [0.05, 0.1) is 24.3 Å². The smallest absolute Gasteiger partial charge is 0.225 e. The van der Waals surface area contributed by atoms with Crippen LogP contribution in [-0.2, 0) is 7.05 Å². The molecular weight excluding hydrogens is 449 g/mol. The van der Waals surface area contributed by atoms with Crippen LogP contribution >= 0.6 is 0 Å². The molecule has 0 unspecified atom stereocenters. The van der Waals surface area contributed by atoms with E-state index < -0.39 is 0 Å². The maximum absolute atomic E-state index is 13.1. The first kappa shape index (κ1) is 22.3. The van der Waals surface area contributed by atoms with Crippen molar-refractivity contribution in [3.8, 4) is 22.6 Å². The zero-order valence-electron chi connectivity index (χ0n) is 19.1. The molecule has 1 aliphatic rings. The van der Waals surface area contributed by atoms with Gasteiger partial charge in [-0.25, -0.2) is 19.4 Å². The number of H-pyrrole nitrogens is 1. The molecule has 0 radical (unpaired) electrons. The SMILES string of the molecule is Cn1cc(-c2c[nH]c(/C(=N\C=N)N3CCN(c4ncc(Oc5ccc(F)cc5)cn4)CC3)c2)cn1. The molecule has 4 heterocycles. The summed E-state index contributed by atoms with van der Waals surface area (Å²) in [5.74, 6) is 2.02. The number of aromatic amines is 1. The quantitative estimate of drug-likeness (QED) is 0.328. The Labute approximate surface area is 201 Å². The zero-order valence-corrected chi connectivity index (χ0v) is 19.1. The monoisotopic (exact) mass is 473 g/mol. The number of benzene rings is 1. The van der Waals surface area contributed by atoms with E-state index in [1.54, 1.807) is 29.2 Å². The first-order valence-corrected chi connectivity index (χ1v) is 11.1. The van der Waals surface area contributed by atoms with Gasteiger partial charge in [-0.1, -0.05) is 0 Å². The van der Waals surface area contributed by atoms with Crippen molar-refractivity contribution < 1.29 is 9.13 Å². The fraction of sp³-hybridized carbons (Fsp3) is 0.208. The summed E-state index contributed by atoms with van der Waals surface area (Å²) in [6.07, 6.45) is 9.97. The molecule has 0 spiro atoms. The van der Waals surface area contributed by atoms with Crippen LogP contribution in [-0.4, -0.2) is 68.0 Å². The topological polar surface area (TPSA) is 111 Å². The molecule has 1 fully saturated rings. The lowest BCUT2D eigenvalue weighted by Gasteiger charge is -2.36. The highest BCUT2D eigenvalue weighted by molar-refractivity contribution is 6.01. The van der Waals surface area contributed by atoms with Crippen LogP contribution in [0, 0.1) is 11.2 Å². The normalized spacial score (nSPS) is 14.3. The van der Waals surface area contributed by atoms with Crippen LogP contribution in [0.3, 0.4) is 0 Å². The Balaban J connectivity index is 1.22. The van der Waals surface area contributed by atoms with Gasteiger partial charge in [0.25, 0.3) is 0 Å². The van der Waals surface area contributed by atoms with Crippen LogP contribution in [0.1, 0.15) is 5.69 Å². The molecule has 1 saturated heterocycles. The molecule has 5 rings (SSSR count). The molecule has 11 heteroatoms. The number of aromatic nitrogens is 5. The Morgan fingerprint density at radius 2 is 1.80 bits per heavy atom. The Bertz CT molecular complexity index is 1320. The predicted molar refractivity (Wildman–Crippen MR) is 131 cm³/mol. The van der Waals surface area contributed by atoms with E-state index in [4.69, 9.17) is 10.1 Å². The number of rotatable bonds is 6. The largest absolute Gasteiger partial charge is 0.454 e. The van der Waals surface area contributed by atoms with Crippen molar-refractivity contribution in [2.45, 2.75) is 0 Å². The number of aryl methyl sites for hydroxylation is 1. The molecule has 178 valence electrons. The summed E-state index contributed by atoms with van der Waals surface area (Å²) in [4.78, 5) is 20.7. The summed E-state index contributed by atoms with van der Waals surface area (Å²) in [5.41, 5.74) is 2.87. The second-order valence-corrected chi connectivity index (χ2v) is 8.04. The number of nitrogens with zero attached hydrogens (tertiary/aromatic N) is 7. The van der Waals surface area contributed by atoms with Gasteiger partial charge in [-0.2, -0.15) is 5.10 Å². The second-order valence-electron chi connectivity index (χ2n) is 8.04. The maximum atomic E-state index is 13.1. The van der Waals surface area contributed by atoms with Crippen molar-refractivity contribution in [3.63, 3.8) is 0 Å². The minimum absolute atomic E-state index is 0.317. The maximum Gasteiger partial charge on any atom is 0.225 e. The fourth-order valence-corrected chi connectivity index (χ4v) is 3.93. The Kier molecular flexibility index (Phi) is 6.20. The lowest BCUT2D eigenvalue weighted by atomic mass is 10.2. The number of piperazine rings is 1. The molecule has 35 heavy (non-hydrogen) atoms. The van der Waals surface area contributed by atoms with Crippen LogP contribution in [0.15, 0.2) is 66.3 Å². The van der Waals surface area contributed by atoms with Gasteiger partial charge in [0, 0.05) is 56.7 Å². The fourth-order valence-electron chi connectivity index (χ4n) is 3.93. The van der Waals surface area contributed by atoms with Crippen molar-refractivity contribution in [2.75, 3.05) is 31.1 Å². The highest BCUT2D eigenvalue weighted by Gasteiger charge is 2.23. The summed E-state index contributed by atoms with van der Waals surface area (Å²) in [5, 5.41) is 11.8. The van der Waals surface area contributed by atoms with Crippen LogP contribution < -0.4 is 9.64 Å². The molecule has 0 aliphatic carbocycles. The molecule has 2 N–H and O–H groups in total. The number of hydrogen-bond acceptors (Lipinski definition) is 6. The molecule has 3 aromatic heterocycles. The highest BCUT2D eigenvalue weighted by Crippen LogP contribution is 2.23. The number of aliphatic imine (C=N–C) groups is 1.